The number of aromatic amines is 1. The van der Waals surface area contributed by atoms with Crippen molar-refractivity contribution in [2.45, 2.75) is 134 Å². The van der Waals surface area contributed by atoms with Crippen molar-refractivity contribution in [2.75, 3.05) is 27.2 Å². The SMILES string of the molecule is CCC(NC(=O)C(C)NC)C(=O)N1CCCC1Cn1c(-c2[nH]c3cc(F)ccc3c2CC2CCCN2C(=O)C(NC(=O)C(C)NC)C2CCCCC2)nc2cc(F)ccc21. The summed E-state index contributed by atoms with van der Waals surface area (Å²) in [5.41, 5.74) is 3.20. The number of imidazole rings is 1. The van der Waals surface area contributed by atoms with Crippen LogP contribution in [0.4, 0.5) is 8.78 Å². The maximum absolute atomic E-state index is 14.9. The molecule has 7 rings (SSSR count). The Morgan fingerprint density at radius 2 is 1.43 bits per heavy atom. The quantitative estimate of drug-likeness (QED) is 0.111. The first-order valence-corrected chi connectivity index (χ1v) is 21.9. The number of likely N-dealkylation sites (N-methyl/N-ethyl adjacent to an activating group) is 2. The molecule has 1 saturated carbocycles. The molecule has 2 aromatic heterocycles. The first-order valence-electron chi connectivity index (χ1n) is 21.9. The largest absolute Gasteiger partial charge is 0.352 e. The van der Waals surface area contributed by atoms with Gasteiger partial charge >= 0.3 is 0 Å². The molecule has 60 heavy (non-hydrogen) atoms. The zero-order chi connectivity index (χ0) is 42.7. The second-order valence-electron chi connectivity index (χ2n) is 17.1. The van der Waals surface area contributed by atoms with Gasteiger partial charge in [-0.25, -0.2) is 13.8 Å². The van der Waals surface area contributed by atoms with Crippen molar-refractivity contribution in [3.63, 3.8) is 0 Å². The number of aromatic nitrogens is 3. The van der Waals surface area contributed by atoms with Crippen LogP contribution in [0.5, 0.6) is 0 Å². The Hall–Kier alpha value is -4.89. The predicted molar refractivity (Wildman–Crippen MR) is 228 cm³/mol. The molecule has 3 fully saturated rings. The molecular weight excluding hydrogens is 769 g/mol. The summed E-state index contributed by atoms with van der Waals surface area (Å²) in [4.78, 5) is 67.1. The molecular formula is C45H61F2N9O4. The second-order valence-corrected chi connectivity index (χ2v) is 17.1. The molecule has 4 aromatic rings. The molecule has 1 aliphatic carbocycles. The fourth-order valence-electron chi connectivity index (χ4n) is 9.61. The van der Waals surface area contributed by atoms with Gasteiger partial charge in [-0.2, -0.15) is 0 Å². The van der Waals surface area contributed by atoms with Crippen LogP contribution in [0.25, 0.3) is 33.5 Å². The molecule has 0 radical (unpaired) electrons. The van der Waals surface area contributed by atoms with Gasteiger partial charge in [-0.05, 0) is 121 Å². The lowest BCUT2D eigenvalue weighted by atomic mass is 9.83. The van der Waals surface area contributed by atoms with Gasteiger partial charge in [0.25, 0.3) is 0 Å². The fourth-order valence-corrected chi connectivity index (χ4v) is 9.61. The van der Waals surface area contributed by atoms with Crippen LogP contribution in [0.3, 0.4) is 0 Å². The topological polar surface area (TPSA) is 156 Å². The fraction of sp³-hybridized carbons (Fsp3) is 0.578. The summed E-state index contributed by atoms with van der Waals surface area (Å²) in [5, 5.41) is 12.8. The maximum Gasteiger partial charge on any atom is 0.245 e. The molecule has 324 valence electrons. The van der Waals surface area contributed by atoms with Gasteiger partial charge in [0.05, 0.1) is 28.8 Å². The predicted octanol–water partition coefficient (Wildman–Crippen LogP) is 5.16. The number of fused-ring (bicyclic) bond motifs is 2. The minimum absolute atomic E-state index is 0.0512. The number of halogens is 2. The third kappa shape index (κ3) is 8.93. The van der Waals surface area contributed by atoms with E-state index >= 15 is 0 Å². The number of nitrogens with one attached hydrogen (secondary N) is 5. The molecule has 2 aliphatic heterocycles. The summed E-state index contributed by atoms with van der Waals surface area (Å²) in [6, 6.07) is 6.47. The van der Waals surface area contributed by atoms with Gasteiger partial charge in [-0.3, -0.25) is 19.2 Å². The highest BCUT2D eigenvalue weighted by atomic mass is 19.1. The van der Waals surface area contributed by atoms with E-state index < -0.39 is 35.8 Å². The molecule has 2 aromatic carbocycles. The number of rotatable bonds is 15. The number of hydrogen-bond donors (Lipinski definition) is 5. The zero-order valence-corrected chi connectivity index (χ0v) is 35.6. The minimum Gasteiger partial charge on any atom is -0.352 e. The van der Waals surface area contributed by atoms with Crippen molar-refractivity contribution >= 4 is 45.6 Å². The molecule has 13 nitrogen and oxygen atoms in total. The Bertz CT molecular complexity index is 2200. The number of likely N-dealkylation sites (tertiary alicyclic amines) is 2. The minimum atomic E-state index is -0.688. The van der Waals surface area contributed by atoms with Crippen molar-refractivity contribution in [1.82, 2.24) is 45.6 Å². The number of carbonyl (C=O) groups is 4. The standard InChI is InChI=1S/C45H61F2N9O4/c1-6-35(52-42(57)26(2)48-4)44(59)55-21-11-15-32(55)25-56-38-19-17-30(47)23-37(38)51-41(56)40-34(33-18-16-29(46)22-36(33)50-40)24-31-14-10-20-54(31)45(60)39(28-12-8-7-9-13-28)53-43(58)27(3)49-5/h16-19,22-23,26-28,31-32,35,39,48-50H,6-15,20-21,24-25H2,1-5H3,(H,52,57)(H,53,58). The molecule has 6 unspecified atom stereocenters. The number of nitrogens with zero attached hydrogens (tertiary/aromatic N) is 4. The number of carbonyl (C=O) groups excluding carboxylic acids is 4. The molecule has 6 atom stereocenters. The lowest BCUT2D eigenvalue weighted by Crippen LogP contribution is -2.56. The molecule has 0 spiro atoms. The molecule has 0 bridgehead atoms. The van der Waals surface area contributed by atoms with Crippen LogP contribution in [-0.4, -0.2) is 111 Å². The summed E-state index contributed by atoms with van der Waals surface area (Å²) >= 11 is 0. The Morgan fingerprint density at radius 3 is 2.12 bits per heavy atom. The average molecular weight is 830 g/mol. The monoisotopic (exact) mass is 829 g/mol. The van der Waals surface area contributed by atoms with Crippen molar-refractivity contribution < 1.29 is 28.0 Å². The van der Waals surface area contributed by atoms with Gasteiger partial charge < -0.3 is 40.6 Å². The van der Waals surface area contributed by atoms with Crippen molar-refractivity contribution in [3.05, 3.63) is 53.6 Å². The van der Waals surface area contributed by atoms with Gasteiger partial charge in [0.2, 0.25) is 23.6 Å². The summed E-state index contributed by atoms with van der Waals surface area (Å²) in [7, 11) is 3.43. The average Bonchev–Trinajstić information content (AvgIpc) is 4.07. The summed E-state index contributed by atoms with van der Waals surface area (Å²) in [5.74, 6) is -0.927. The van der Waals surface area contributed by atoms with E-state index in [-0.39, 0.29) is 41.6 Å². The van der Waals surface area contributed by atoms with Gasteiger partial charge in [-0.15, -0.1) is 0 Å². The van der Waals surface area contributed by atoms with E-state index in [2.05, 4.69) is 26.3 Å². The number of H-pyrrole nitrogens is 1. The van der Waals surface area contributed by atoms with E-state index in [1.807, 2.05) is 21.3 Å². The highest BCUT2D eigenvalue weighted by Crippen LogP contribution is 2.37. The van der Waals surface area contributed by atoms with Crippen LogP contribution in [0.15, 0.2) is 36.4 Å². The van der Waals surface area contributed by atoms with Gasteiger partial charge in [0, 0.05) is 48.7 Å². The van der Waals surface area contributed by atoms with Crippen molar-refractivity contribution in [2.24, 2.45) is 5.92 Å². The third-order valence-electron chi connectivity index (χ3n) is 13.3. The summed E-state index contributed by atoms with van der Waals surface area (Å²) in [6.07, 6.45) is 8.86. The molecule has 4 heterocycles. The van der Waals surface area contributed by atoms with Gasteiger partial charge in [0.15, 0.2) is 5.82 Å². The van der Waals surface area contributed by atoms with Crippen molar-refractivity contribution in [3.8, 4) is 11.5 Å². The zero-order valence-electron chi connectivity index (χ0n) is 35.6. The molecule has 15 heteroatoms. The van der Waals surface area contributed by atoms with Crippen LogP contribution in [0.1, 0.15) is 90.5 Å². The number of benzene rings is 2. The molecule has 3 aliphatic rings. The Kier molecular flexibility index (Phi) is 13.5. The first kappa shape index (κ1) is 43.2. The molecule has 5 N–H and O–H groups in total. The van der Waals surface area contributed by atoms with E-state index in [9.17, 15) is 28.0 Å². The van der Waals surface area contributed by atoms with Gasteiger partial charge in [0.1, 0.15) is 23.7 Å². The second kappa shape index (κ2) is 18.8. The Balaban J connectivity index is 1.24. The maximum atomic E-state index is 14.9. The molecule has 2 saturated heterocycles. The van der Waals surface area contributed by atoms with E-state index in [1.54, 1.807) is 40.1 Å². The van der Waals surface area contributed by atoms with Crippen molar-refractivity contribution in [1.29, 1.82) is 0 Å². The van der Waals surface area contributed by atoms with Crippen LogP contribution in [0, 0.1) is 17.6 Å². The smallest absolute Gasteiger partial charge is 0.245 e. The van der Waals surface area contributed by atoms with Gasteiger partial charge in [-0.1, -0.05) is 26.2 Å². The van der Waals surface area contributed by atoms with Crippen LogP contribution < -0.4 is 21.3 Å². The third-order valence-corrected chi connectivity index (χ3v) is 13.3. The Morgan fingerprint density at radius 1 is 0.800 bits per heavy atom. The lowest BCUT2D eigenvalue weighted by Gasteiger charge is -2.35. The number of hydrogen-bond acceptors (Lipinski definition) is 7. The summed E-state index contributed by atoms with van der Waals surface area (Å²) < 4.78 is 31.7. The van der Waals surface area contributed by atoms with E-state index in [0.717, 1.165) is 68.7 Å². The lowest BCUT2D eigenvalue weighted by molar-refractivity contribution is -0.139. The van der Waals surface area contributed by atoms with Crippen LogP contribution >= 0.6 is 0 Å². The highest BCUT2D eigenvalue weighted by molar-refractivity contribution is 5.93. The summed E-state index contributed by atoms with van der Waals surface area (Å²) in [6.45, 7) is 6.86. The molecule has 4 amide bonds. The highest BCUT2D eigenvalue weighted by Gasteiger charge is 2.40. The van der Waals surface area contributed by atoms with E-state index in [1.165, 1.54) is 24.3 Å². The number of amides is 4. The van der Waals surface area contributed by atoms with Crippen LogP contribution in [0.2, 0.25) is 0 Å². The van der Waals surface area contributed by atoms with E-state index in [4.69, 9.17) is 4.98 Å². The first-order chi connectivity index (χ1) is 28.9. The Labute approximate surface area is 350 Å². The van der Waals surface area contributed by atoms with E-state index in [0.29, 0.717) is 60.5 Å². The van der Waals surface area contributed by atoms with Crippen LogP contribution in [-0.2, 0) is 32.1 Å². The normalized spacial score (nSPS) is 20.7.